The summed E-state index contributed by atoms with van der Waals surface area (Å²) in [5.74, 6) is 2.01. The summed E-state index contributed by atoms with van der Waals surface area (Å²) in [7, 11) is 3.39. The molecule has 2 atom stereocenters. The van der Waals surface area contributed by atoms with Gasteiger partial charge in [-0.2, -0.15) is 0 Å². The standard InChI is InChI=1S/C34H52N4O4/c1-41-31-19-11-7-15-27(31)25-35-23-13-3-5-21-33(39)37-29-17-9-10-18-30(29)38-34(40)22-6-4-14-24-36-26-28-16-8-12-20-32(28)42-2/h7-8,11-12,15-16,19-20,29-30,35-36H,3-6,9-10,13-14,17-18,21-26H2,1-2H3,(H,37,39)(H,38,40)/t29-,30+. The Hall–Kier alpha value is -3.10. The quantitative estimate of drug-likeness (QED) is 0.160. The van der Waals surface area contributed by atoms with Crippen molar-refractivity contribution in [2.24, 2.45) is 0 Å². The van der Waals surface area contributed by atoms with Crippen LogP contribution >= 0.6 is 0 Å². The molecule has 8 nitrogen and oxygen atoms in total. The average Bonchev–Trinajstić information content (AvgIpc) is 3.01. The van der Waals surface area contributed by atoms with E-state index in [1.807, 2.05) is 36.4 Å². The molecular weight excluding hydrogens is 528 g/mol. The number of methoxy groups -OCH3 is 2. The predicted molar refractivity (Wildman–Crippen MR) is 169 cm³/mol. The Morgan fingerprint density at radius 2 is 1.07 bits per heavy atom. The van der Waals surface area contributed by atoms with Crippen LogP contribution in [0.15, 0.2) is 48.5 Å². The number of unbranched alkanes of at least 4 members (excludes halogenated alkanes) is 4. The van der Waals surface area contributed by atoms with Gasteiger partial charge in [0.1, 0.15) is 11.5 Å². The highest BCUT2D eigenvalue weighted by Gasteiger charge is 2.27. The molecular formula is C34H52N4O4. The van der Waals surface area contributed by atoms with Gasteiger partial charge in [-0.25, -0.2) is 0 Å². The second-order valence-electron chi connectivity index (χ2n) is 11.2. The fraction of sp³-hybridized carbons (Fsp3) is 0.588. The number of carbonyl (C=O) groups is 2. The number of para-hydroxylation sites is 2. The molecule has 4 N–H and O–H groups in total. The largest absolute Gasteiger partial charge is 0.496 e. The van der Waals surface area contributed by atoms with Gasteiger partial charge in [-0.1, -0.05) is 62.1 Å². The molecule has 1 aliphatic rings. The van der Waals surface area contributed by atoms with E-state index < -0.39 is 0 Å². The number of ether oxygens (including phenoxy) is 2. The maximum Gasteiger partial charge on any atom is 0.220 e. The first-order valence-corrected chi connectivity index (χ1v) is 15.8. The Bertz CT molecular complexity index is 980. The fourth-order valence-corrected chi connectivity index (χ4v) is 5.60. The van der Waals surface area contributed by atoms with Gasteiger partial charge in [0.05, 0.1) is 14.2 Å². The normalized spacial score (nSPS) is 16.5. The van der Waals surface area contributed by atoms with Crippen LogP contribution < -0.4 is 30.7 Å². The predicted octanol–water partition coefficient (Wildman–Crippen LogP) is 5.25. The minimum Gasteiger partial charge on any atom is -0.496 e. The summed E-state index contributed by atoms with van der Waals surface area (Å²) in [4.78, 5) is 25.3. The van der Waals surface area contributed by atoms with Gasteiger partial charge in [-0.15, -0.1) is 0 Å². The van der Waals surface area contributed by atoms with Crippen molar-refractivity contribution in [3.05, 3.63) is 59.7 Å². The Morgan fingerprint density at radius 3 is 1.50 bits per heavy atom. The van der Waals surface area contributed by atoms with Crippen molar-refractivity contribution in [1.82, 2.24) is 21.3 Å². The third kappa shape index (κ3) is 12.4. The van der Waals surface area contributed by atoms with Crippen LogP contribution in [-0.2, 0) is 22.7 Å². The first-order chi connectivity index (χ1) is 20.6. The molecule has 232 valence electrons. The van der Waals surface area contributed by atoms with Crippen LogP contribution in [0.3, 0.4) is 0 Å². The number of rotatable bonds is 20. The first-order valence-electron chi connectivity index (χ1n) is 15.8. The Morgan fingerprint density at radius 1 is 0.643 bits per heavy atom. The monoisotopic (exact) mass is 580 g/mol. The molecule has 1 saturated carbocycles. The van der Waals surface area contributed by atoms with Crippen molar-refractivity contribution in [2.45, 2.75) is 102 Å². The molecule has 0 radical (unpaired) electrons. The van der Waals surface area contributed by atoms with Crippen molar-refractivity contribution >= 4 is 11.8 Å². The van der Waals surface area contributed by atoms with Crippen molar-refractivity contribution in [3.8, 4) is 11.5 Å². The SMILES string of the molecule is COc1ccccc1CNCCCCCC(=O)N[C@H]1CCCC[C@H]1NC(=O)CCCCCNCc1ccccc1OC. The Labute approximate surface area is 252 Å². The van der Waals surface area contributed by atoms with Crippen molar-refractivity contribution in [3.63, 3.8) is 0 Å². The van der Waals surface area contributed by atoms with Gasteiger partial charge < -0.3 is 30.7 Å². The zero-order valence-electron chi connectivity index (χ0n) is 25.7. The lowest BCUT2D eigenvalue weighted by molar-refractivity contribution is -0.125. The van der Waals surface area contributed by atoms with E-state index in [1.54, 1.807) is 14.2 Å². The molecule has 42 heavy (non-hydrogen) atoms. The number of carbonyl (C=O) groups excluding carboxylic acids is 2. The van der Waals surface area contributed by atoms with Gasteiger partial charge in [-0.05, 0) is 63.7 Å². The van der Waals surface area contributed by atoms with Crippen LogP contribution in [-0.4, -0.2) is 51.2 Å². The summed E-state index contributed by atoms with van der Waals surface area (Å²) in [5, 5.41) is 13.4. The molecule has 2 aromatic rings. The lowest BCUT2D eigenvalue weighted by Crippen LogP contribution is -2.53. The van der Waals surface area contributed by atoms with E-state index >= 15 is 0 Å². The number of benzene rings is 2. The van der Waals surface area contributed by atoms with E-state index in [4.69, 9.17) is 9.47 Å². The minimum atomic E-state index is 0.0388. The summed E-state index contributed by atoms with van der Waals surface area (Å²) in [5.41, 5.74) is 2.31. The van der Waals surface area contributed by atoms with Crippen LogP contribution in [0.4, 0.5) is 0 Å². The highest BCUT2D eigenvalue weighted by atomic mass is 16.5. The number of nitrogens with one attached hydrogen (secondary N) is 4. The zero-order chi connectivity index (χ0) is 29.8. The van der Waals surface area contributed by atoms with E-state index in [-0.39, 0.29) is 23.9 Å². The highest BCUT2D eigenvalue weighted by molar-refractivity contribution is 5.77. The maximum atomic E-state index is 12.6. The van der Waals surface area contributed by atoms with E-state index in [9.17, 15) is 9.59 Å². The third-order valence-electron chi connectivity index (χ3n) is 7.99. The molecule has 2 aromatic carbocycles. The molecule has 0 bridgehead atoms. The van der Waals surface area contributed by atoms with Gasteiger partial charge in [0.15, 0.2) is 0 Å². The summed E-state index contributed by atoms with van der Waals surface area (Å²) >= 11 is 0. The molecule has 3 rings (SSSR count). The van der Waals surface area contributed by atoms with Gasteiger partial charge in [0.25, 0.3) is 0 Å². The summed E-state index contributed by atoms with van der Waals surface area (Å²) in [6.07, 6.45) is 10.9. The average molecular weight is 581 g/mol. The first kappa shape index (κ1) is 33.4. The van der Waals surface area contributed by atoms with Gasteiger partial charge in [0.2, 0.25) is 11.8 Å². The molecule has 0 aromatic heterocycles. The van der Waals surface area contributed by atoms with Crippen molar-refractivity contribution < 1.29 is 19.1 Å². The maximum absolute atomic E-state index is 12.6. The van der Waals surface area contributed by atoms with Crippen LogP contribution in [0.2, 0.25) is 0 Å². The number of hydrogen-bond donors (Lipinski definition) is 4. The van der Waals surface area contributed by atoms with E-state index in [0.717, 1.165) is 113 Å². The lowest BCUT2D eigenvalue weighted by Gasteiger charge is -2.33. The number of amides is 2. The Balaban J connectivity index is 1.22. The topological polar surface area (TPSA) is 101 Å². The summed E-state index contributed by atoms with van der Waals surface area (Å²) in [6.45, 7) is 3.38. The van der Waals surface area contributed by atoms with E-state index in [2.05, 4.69) is 33.4 Å². The molecule has 8 heteroatoms. The third-order valence-corrected chi connectivity index (χ3v) is 7.99. The highest BCUT2D eigenvalue weighted by Crippen LogP contribution is 2.20. The van der Waals surface area contributed by atoms with Gasteiger partial charge in [-0.3, -0.25) is 9.59 Å². The van der Waals surface area contributed by atoms with Gasteiger partial charge in [0, 0.05) is 49.1 Å². The molecule has 0 unspecified atom stereocenters. The molecule has 1 fully saturated rings. The van der Waals surface area contributed by atoms with Crippen molar-refractivity contribution in [2.75, 3.05) is 27.3 Å². The second kappa shape index (κ2) is 19.9. The zero-order valence-corrected chi connectivity index (χ0v) is 25.7. The molecule has 0 heterocycles. The number of hydrogen-bond acceptors (Lipinski definition) is 6. The molecule has 0 saturated heterocycles. The molecule has 0 aliphatic heterocycles. The van der Waals surface area contributed by atoms with E-state index in [0.29, 0.717) is 12.8 Å². The van der Waals surface area contributed by atoms with Crippen molar-refractivity contribution in [1.29, 1.82) is 0 Å². The lowest BCUT2D eigenvalue weighted by atomic mass is 9.90. The Kier molecular flexibility index (Phi) is 15.8. The fourth-order valence-electron chi connectivity index (χ4n) is 5.60. The molecule has 1 aliphatic carbocycles. The van der Waals surface area contributed by atoms with Crippen LogP contribution in [0.25, 0.3) is 0 Å². The van der Waals surface area contributed by atoms with Crippen LogP contribution in [0.1, 0.15) is 88.2 Å². The molecule has 2 amide bonds. The van der Waals surface area contributed by atoms with Gasteiger partial charge >= 0.3 is 0 Å². The second-order valence-corrected chi connectivity index (χ2v) is 11.2. The smallest absolute Gasteiger partial charge is 0.220 e. The minimum absolute atomic E-state index is 0.0388. The molecule has 0 spiro atoms. The van der Waals surface area contributed by atoms with Crippen LogP contribution in [0, 0.1) is 0 Å². The van der Waals surface area contributed by atoms with Crippen LogP contribution in [0.5, 0.6) is 11.5 Å². The summed E-state index contributed by atoms with van der Waals surface area (Å²) < 4.78 is 10.8. The summed E-state index contributed by atoms with van der Waals surface area (Å²) in [6, 6.07) is 16.2. The van der Waals surface area contributed by atoms with E-state index in [1.165, 1.54) is 0 Å².